The molecule has 0 radical (unpaired) electrons. The highest BCUT2D eigenvalue weighted by atomic mass is 16.5. The lowest BCUT2D eigenvalue weighted by atomic mass is 10.1. The number of rotatable bonds is 7. The third-order valence-electron chi connectivity index (χ3n) is 2.79. The fourth-order valence-corrected chi connectivity index (χ4v) is 1.65. The Morgan fingerprint density at radius 3 is 2.41 bits per heavy atom. The van der Waals surface area contributed by atoms with Gasteiger partial charge in [-0.1, -0.05) is 12.1 Å². The minimum absolute atomic E-state index is 0.279. The van der Waals surface area contributed by atoms with Gasteiger partial charge in [-0.15, -0.1) is 0 Å². The van der Waals surface area contributed by atoms with E-state index < -0.39 is 0 Å². The van der Waals surface area contributed by atoms with Crippen LogP contribution in [0.25, 0.3) is 0 Å². The van der Waals surface area contributed by atoms with Gasteiger partial charge in [-0.05, 0) is 44.4 Å². The summed E-state index contributed by atoms with van der Waals surface area (Å²) in [5.74, 6) is 0.897. The number of hydrogen-bond acceptors (Lipinski definition) is 3. The Morgan fingerprint density at radius 1 is 1.24 bits per heavy atom. The first kappa shape index (κ1) is 14.0. The van der Waals surface area contributed by atoms with Crippen molar-refractivity contribution in [2.45, 2.75) is 38.8 Å². The Labute approximate surface area is 104 Å². The first-order valence-electron chi connectivity index (χ1n) is 6.16. The van der Waals surface area contributed by atoms with E-state index in [2.05, 4.69) is 24.4 Å². The third-order valence-corrected chi connectivity index (χ3v) is 2.79. The average Bonchev–Trinajstić information content (AvgIpc) is 2.34. The molecule has 1 aromatic rings. The Morgan fingerprint density at radius 2 is 1.88 bits per heavy atom. The van der Waals surface area contributed by atoms with E-state index in [1.165, 1.54) is 5.56 Å². The molecule has 0 aromatic heterocycles. The second-order valence-electron chi connectivity index (χ2n) is 4.55. The minimum Gasteiger partial charge on any atom is -0.497 e. The summed E-state index contributed by atoms with van der Waals surface area (Å²) in [5.41, 5.74) is 1.32. The predicted molar refractivity (Wildman–Crippen MR) is 70.5 cm³/mol. The highest BCUT2D eigenvalue weighted by Gasteiger charge is 2.03. The van der Waals surface area contributed by atoms with E-state index in [1.807, 2.05) is 12.1 Å². The van der Waals surface area contributed by atoms with Crippen molar-refractivity contribution in [3.63, 3.8) is 0 Å². The molecular formula is C14H23NO2. The molecular weight excluding hydrogens is 214 g/mol. The van der Waals surface area contributed by atoms with Gasteiger partial charge in [-0.2, -0.15) is 0 Å². The van der Waals surface area contributed by atoms with Crippen LogP contribution in [0, 0.1) is 0 Å². The lowest BCUT2D eigenvalue weighted by Crippen LogP contribution is -2.32. The number of hydrogen-bond donors (Lipinski definition) is 2. The zero-order valence-corrected chi connectivity index (χ0v) is 10.9. The second-order valence-corrected chi connectivity index (χ2v) is 4.55. The summed E-state index contributed by atoms with van der Waals surface area (Å²) in [4.78, 5) is 0. The van der Waals surface area contributed by atoms with Crippen LogP contribution in [0.2, 0.25) is 0 Å². The normalized spacial score (nSPS) is 14.4. The van der Waals surface area contributed by atoms with Crippen LogP contribution in [0.5, 0.6) is 5.75 Å². The van der Waals surface area contributed by atoms with Crippen molar-refractivity contribution in [3.8, 4) is 5.75 Å². The highest BCUT2D eigenvalue weighted by molar-refractivity contribution is 5.27. The average molecular weight is 237 g/mol. The lowest BCUT2D eigenvalue weighted by molar-refractivity contribution is 0.186. The summed E-state index contributed by atoms with van der Waals surface area (Å²) in [6.07, 6.45) is 1.83. The molecule has 0 bridgehead atoms. The molecule has 0 amide bonds. The van der Waals surface area contributed by atoms with Gasteiger partial charge in [0.1, 0.15) is 5.75 Å². The molecule has 0 aliphatic heterocycles. The lowest BCUT2D eigenvalue weighted by Gasteiger charge is -2.15. The quantitative estimate of drug-likeness (QED) is 0.762. The van der Waals surface area contributed by atoms with Crippen LogP contribution in [0.15, 0.2) is 24.3 Å². The predicted octanol–water partition coefficient (Wildman–Crippen LogP) is 1.99. The summed E-state index contributed by atoms with van der Waals surface area (Å²) in [5, 5.41) is 12.5. The Bertz CT molecular complexity index is 309. The molecule has 2 atom stereocenters. The van der Waals surface area contributed by atoms with Crippen molar-refractivity contribution in [3.05, 3.63) is 29.8 Å². The number of methoxy groups -OCH3 is 1. The largest absolute Gasteiger partial charge is 0.497 e. The summed E-state index contributed by atoms with van der Waals surface area (Å²) >= 11 is 0. The number of aliphatic hydroxyl groups is 1. The molecule has 2 N–H and O–H groups in total. The van der Waals surface area contributed by atoms with Gasteiger partial charge in [0.05, 0.1) is 13.2 Å². The van der Waals surface area contributed by atoms with Crippen molar-refractivity contribution >= 4 is 0 Å². The number of aryl methyl sites for hydroxylation is 1. The smallest absolute Gasteiger partial charge is 0.118 e. The van der Waals surface area contributed by atoms with Crippen LogP contribution in [-0.4, -0.2) is 30.9 Å². The molecule has 3 heteroatoms. The van der Waals surface area contributed by atoms with Gasteiger partial charge in [0, 0.05) is 12.6 Å². The maximum Gasteiger partial charge on any atom is 0.118 e. The van der Waals surface area contributed by atoms with Crippen LogP contribution in [0.4, 0.5) is 0 Å². The fourth-order valence-electron chi connectivity index (χ4n) is 1.65. The van der Waals surface area contributed by atoms with Gasteiger partial charge < -0.3 is 15.2 Å². The van der Waals surface area contributed by atoms with Crippen molar-refractivity contribution in [1.82, 2.24) is 5.32 Å². The molecule has 0 heterocycles. The maximum absolute atomic E-state index is 9.17. The summed E-state index contributed by atoms with van der Waals surface area (Å²) in [7, 11) is 1.68. The molecule has 0 aliphatic rings. The van der Waals surface area contributed by atoms with Gasteiger partial charge in [-0.25, -0.2) is 0 Å². The third kappa shape index (κ3) is 5.71. The SMILES string of the molecule is COc1ccc(CCC(C)NCC(C)O)cc1. The molecule has 96 valence electrons. The van der Waals surface area contributed by atoms with Crippen molar-refractivity contribution in [1.29, 1.82) is 0 Å². The topological polar surface area (TPSA) is 41.5 Å². The van der Waals surface area contributed by atoms with Gasteiger partial charge in [0.2, 0.25) is 0 Å². The Kier molecular flexibility index (Phi) is 6.01. The Balaban J connectivity index is 2.29. The van der Waals surface area contributed by atoms with Gasteiger partial charge >= 0.3 is 0 Å². The summed E-state index contributed by atoms with van der Waals surface area (Å²) in [6.45, 7) is 4.60. The number of aliphatic hydroxyl groups excluding tert-OH is 1. The standard InChI is InChI=1S/C14H23NO2/c1-11(15-10-12(2)16)4-5-13-6-8-14(17-3)9-7-13/h6-9,11-12,15-16H,4-5,10H2,1-3H3. The molecule has 0 aliphatic carbocycles. The van der Waals surface area contributed by atoms with E-state index in [0.717, 1.165) is 18.6 Å². The summed E-state index contributed by atoms with van der Waals surface area (Å²) in [6, 6.07) is 8.60. The molecule has 0 spiro atoms. The van der Waals surface area contributed by atoms with E-state index in [1.54, 1.807) is 14.0 Å². The first-order valence-corrected chi connectivity index (χ1v) is 6.16. The van der Waals surface area contributed by atoms with Crippen molar-refractivity contribution in [2.75, 3.05) is 13.7 Å². The van der Waals surface area contributed by atoms with Crippen LogP contribution in [-0.2, 0) is 6.42 Å². The molecule has 17 heavy (non-hydrogen) atoms. The zero-order valence-electron chi connectivity index (χ0n) is 10.9. The zero-order chi connectivity index (χ0) is 12.7. The van der Waals surface area contributed by atoms with Gasteiger partial charge in [0.15, 0.2) is 0 Å². The first-order chi connectivity index (χ1) is 8.11. The number of ether oxygens (including phenoxy) is 1. The molecule has 0 saturated heterocycles. The Hall–Kier alpha value is -1.06. The van der Waals surface area contributed by atoms with Crippen LogP contribution in [0.3, 0.4) is 0 Å². The molecule has 0 saturated carbocycles. The van der Waals surface area contributed by atoms with E-state index in [4.69, 9.17) is 9.84 Å². The van der Waals surface area contributed by atoms with E-state index in [-0.39, 0.29) is 6.10 Å². The monoisotopic (exact) mass is 237 g/mol. The molecule has 0 fully saturated rings. The van der Waals surface area contributed by atoms with Crippen molar-refractivity contribution < 1.29 is 9.84 Å². The second kappa shape index (κ2) is 7.30. The fraction of sp³-hybridized carbons (Fsp3) is 0.571. The van der Waals surface area contributed by atoms with Crippen LogP contribution < -0.4 is 10.1 Å². The summed E-state index contributed by atoms with van der Waals surface area (Å²) < 4.78 is 5.12. The molecule has 1 rings (SSSR count). The number of nitrogens with one attached hydrogen (secondary N) is 1. The van der Waals surface area contributed by atoms with Crippen molar-refractivity contribution in [2.24, 2.45) is 0 Å². The van der Waals surface area contributed by atoms with Crippen LogP contribution >= 0.6 is 0 Å². The van der Waals surface area contributed by atoms with Gasteiger partial charge in [-0.3, -0.25) is 0 Å². The van der Waals surface area contributed by atoms with Gasteiger partial charge in [0.25, 0.3) is 0 Å². The maximum atomic E-state index is 9.17. The van der Waals surface area contributed by atoms with Crippen LogP contribution in [0.1, 0.15) is 25.8 Å². The van der Waals surface area contributed by atoms with E-state index in [0.29, 0.717) is 12.6 Å². The van der Waals surface area contributed by atoms with E-state index >= 15 is 0 Å². The molecule has 1 aromatic carbocycles. The minimum atomic E-state index is -0.279. The molecule has 3 nitrogen and oxygen atoms in total. The highest BCUT2D eigenvalue weighted by Crippen LogP contribution is 2.13. The van der Waals surface area contributed by atoms with E-state index in [9.17, 15) is 0 Å². The number of benzene rings is 1. The molecule has 2 unspecified atom stereocenters.